The van der Waals surface area contributed by atoms with Gasteiger partial charge in [-0.25, -0.2) is 9.79 Å². The first-order chi connectivity index (χ1) is 13.9. The predicted molar refractivity (Wildman–Crippen MR) is 105 cm³/mol. The Kier molecular flexibility index (Phi) is 6.05. The van der Waals surface area contributed by atoms with Gasteiger partial charge in [0.2, 0.25) is 0 Å². The molecule has 2 aliphatic rings. The van der Waals surface area contributed by atoms with Crippen molar-refractivity contribution in [2.45, 2.75) is 51.1 Å². The van der Waals surface area contributed by atoms with Crippen molar-refractivity contribution in [1.29, 1.82) is 0 Å². The highest BCUT2D eigenvalue weighted by Crippen LogP contribution is 2.47. The Morgan fingerprint density at radius 1 is 1.10 bits per heavy atom. The molecule has 0 spiro atoms. The standard InChI is InChI=1S/C20H27F3N4O3/c1-19(2,3)30-18(28)27-10-8-26(9-11-27)17(24)25-15-12-14(15)13-6-4-5-7-16(13)29-20(21,22)23/h4-7,14-15H,8-12H2,1-3H3,(H2,24,25). The number of carbonyl (C=O) groups excluding carboxylic acids is 1. The third kappa shape index (κ3) is 5.93. The molecule has 1 heterocycles. The van der Waals surface area contributed by atoms with E-state index >= 15 is 0 Å². The fourth-order valence-electron chi connectivity index (χ4n) is 3.36. The fourth-order valence-corrected chi connectivity index (χ4v) is 3.36. The molecule has 3 rings (SSSR count). The number of guanidine groups is 1. The van der Waals surface area contributed by atoms with Crippen LogP contribution in [0.5, 0.6) is 5.75 Å². The van der Waals surface area contributed by atoms with Crippen LogP contribution >= 0.6 is 0 Å². The molecule has 1 aliphatic heterocycles. The van der Waals surface area contributed by atoms with Crippen molar-refractivity contribution >= 4 is 12.1 Å². The number of carbonyl (C=O) groups is 1. The van der Waals surface area contributed by atoms with Crippen molar-refractivity contribution in [1.82, 2.24) is 9.80 Å². The largest absolute Gasteiger partial charge is 0.573 e. The molecule has 1 aromatic carbocycles. The third-order valence-corrected chi connectivity index (χ3v) is 4.85. The fraction of sp³-hybridized carbons (Fsp3) is 0.600. The first kappa shape index (κ1) is 22.0. The zero-order valence-corrected chi connectivity index (χ0v) is 17.3. The number of para-hydroxylation sites is 1. The van der Waals surface area contributed by atoms with E-state index in [1.165, 1.54) is 12.1 Å². The highest BCUT2D eigenvalue weighted by molar-refractivity contribution is 5.79. The number of aliphatic imine (C=N–C) groups is 1. The van der Waals surface area contributed by atoms with E-state index in [0.29, 0.717) is 44.1 Å². The molecule has 1 saturated carbocycles. The molecule has 2 fully saturated rings. The maximum Gasteiger partial charge on any atom is 0.573 e. The second kappa shape index (κ2) is 8.23. The molecule has 10 heteroatoms. The van der Waals surface area contributed by atoms with Crippen LogP contribution in [0.4, 0.5) is 18.0 Å². The molecule has 2 unspecified atom stereocenters. The third-order valence-electron chi connectivity index (χ3n) is 4.85. The molecule has 2 N–H and O–H groups in total. The summed E-state index contributed by atoms with van der Waals surface area (Å²) in [5, 5.41) is 0. The number of ether oxygens (including phenoxy) is 2. The van der Waals surface area contributed by atoms with Crippen LogP contribution in [0, 0.1) is 0 Å². The lowest BCUT2D eigenvalue weighted by molar-refractivity contribution is -0.274. The van der Waals surface area contributed by atoms with Crippen molar-refractivity contribution in [3.05, 3.63) is 29.8 Å². The first-order valence-electron chi connectivity index (χ1n) is 9.84. The van der Waals surface area contributed by atoms with Crippen molar-refractivity contribution in [2.75, 3.05) is 26.2 Å². The van der Waals surface area contributed by atoms with E-state index in [2.05, 4.69) is 9.73 Å². The maximum atomic E-state index is 12.6. The topological polar surface area (TPSA) is 80.4 Å². The van der Waals surface area contributed by atoms with E-state index in [-0.39, 0.29) is 23.8 Å². The van der Waals surface area contributed by atoms with Gasteiger partial charge >= 0.3 is 12.5 Å². The van der Waals surface area contributed by atoms with Crippen LogP contribution in [0.2, 0.25) is 0 Å². The number of nitrogens with two attached hydrogens (primary N) is 1. The summed E-state index contributed by atoms with van der Waals surface area (Å²) >= 11 is 0. The summed E-state index contributed by atoms with van der Waals surface area (Å²) in [6, 6.07) is 5.92. The van der Waals surface area contributed by atoms with Crippen LogP contribution in [0.25, 0.3) is 0 Å². The monoisotopic (exact) mass is 428 g/mol. The number of amides is 1. The maximum absolute atomic E-state index is 12.6. The van der Waals surface area contributed by atoms with E-state index in [0.717, 1.165) is 0 Å². The number of halogens is 3. The molecule has 0 bridgehead atoms. The summed E-state index contributed by atoms with van der Waals surface area (Å²) < 4.78 is 47.4. The molecular formula is C20H27F3N4O3. The summed E-state index contributed by atoms with van der Waals surface area (Å²) in [5.74, 6) is -0.0250. The normalized spacial score (nSPS) is 22.7. The minimum absolute atomic E-state index is 0.162. The summed E-state index contributed by atoms with van der Waals surface area (Å²) in [6.45, 7) is 7.39. The van der Waals surface area contributed by atoms with Crippen molar-refractivity contribution in [3.8, 4) is 5.75 Å². The second-order valence-corrected chi connectivity index (χ2v) is 8.44. The Balaban J connectivity index is 1.56. The number of rotatable bonds is 3. The summed E-state index contributed by atoms with van der Waals surface area (Å²) in [6.07, 6.45) is -4.49. The van der Waals surface area contributed by atoms with Gasteiger partial charge in [-0.05, 0) is 38.8 Å². The molecule has 1 aromatic rings. The van der Waals surface area contributed by atoms with Gasteiger partial charge in [0.1, 0.15) is 11.4 Å². The molecule has 1 amide bonds. The number of alkyl halides is 3. The molecule has 7 nitrogen and oxygen atoms in total. The van der Waals surface area contributed by atoms with Gasteiger partial charge in [0.05, 0.1) is 6.04 Å². The number of nitrogens with zero attached hydrogens (tertiary/aromatic N) is 3. The lowest BCUT2D eigenvalue weighted by atomic mass is 10.1. The number of benzene rings is 1. The average molecular weight is 428 g/mol. The van der Waals surface area contributed by atoms with Gasteiger partial charge in [-0.1, -0.05) is 18.2 Å². The van der Waals surface area contributed by atoms with E-state index in [1.807, 2.05) is 25.7 Å². The van der Waals surface area contributed by atoms with Crippen LogP contribution in [-0.4, -0.2) is 66.0 Å². The predicted octanol–water partition coefficient (Wildman–Crippen LogP) is 3.31. The van der Waals surface area contributed by atoms with Gasteiger partial charge in [-0.2, -0.15) is 0 Å². The summed E-state index contributed by atoms with van der Waals surface area (Å²) in [4.78, 5) is 20.1. The van der Waals surface area contributed by atoms with E-state index in [9.17, 15) is 18.0 Å². The lowest BCUT2D eigenvalue weighted by Crippen LogP contribution is -2.53. The van der Waals surface area contributed by atoms with Gasteiger partial charge in [0.15, 0.2) is 5.96 Å². The summed E-state index contributed by atoms with van der Waals surface area (Å²) in [5.41, 5.74) is 6.05. The quantitative estimate of drug-likeness (QED) is 0.590. The molecule has 30 heavy (non-hydrogen) atoms. The highest BCUT2D eigenvalue weighted by atomic mass is 19.4. The van der Waals surface area contributed by atoms with Gasteiger partial charge in [-0.3, -0.25) is 0 Å². The molecule has 1 aliphatic carbocycles. The zero-order chi connectivity index (χ0) is 22.1. The number of piperazine rings is 1. The van der Waals surface area contributed by atoms with Gasteiger partial charge in [-0.15, -0.1) is 13.2 Å². The summed E-state index contributed by atoms with van der Waals surface area (Å²) in [7, 11) is 0. The Labute approximate surface area is 173 Å². The number of hydrogen-bond donors (Lipinski definition) is 1. The molecule has 2 atom stereocenters. The van der Waals surface area contributed by atoms with Crippen molar-refractivity contribution < 1.29 is 27.4 Å². The lowest BCUT2D eigenvalue weighted by Gasteiger charge is -2.36. The van der Waals surface area contributed by atoms with Crippen LogP contribution in [0.15, 0.2) is 29.3 Å². The van der Waals surface area contributed by atoms with Crippen LogP contribution in [0.1, 0.15) is 38.7 Å². The SMILES string of the molecule is CC(C)(C)OC(=O)N1CCN(C(N)=NC2CC2c2ccccc2OC(F)(F)F)CC1. The molecule has 1 saturated heterocycles. The Bertz CT molecular complexity index is 799. The highest BCUT2D eigenvalue weighted by Gasteiger charge is 2.42. The van der Waals surface area contributed by atoms with E-state index < -0.39 is 12.0 Å². The minimum Gasteiger partial charge on any atom is -0.444 e. The Morgan fingerprint density at radius 3 is 2.30 bits per heavy atom. The smallest absolute Gasteiger partial charge is 0.444 e. The second-order valence-electron chi connectivity index (χ2n) is 8.44. The Hall–Kier alpha value is -2.65. The molecule has 0 aromatic heterocycles. The van der Waals surface area contributed by atoms with Gasteiger partial charge < -0.3 is 25.0 Å². The van der Waals surface area contributed by atoms with Crippen molar-refractivity contribution in [2.24, 2.45) is 10.7 Å². The van der Waals surface area contributed by atoms with Gasteiger partial charge in [0.25, 0.3) is 0 Å². The van der Waals surface area contributed by atoms with E-state index in [1.54, 1.807) is 17.0 Å². The Morgan fingerprint density at radius 2 is 1.70 bits per heavy atom. The molecule has 166 valence electrons. The van der Waals surface area contributed by atoms with Crippen LogP contribution in [0.3, 0.4) is 0 Å². The van der Waals surface area contributed by atoms with Crippen LogP contribution < -0.4 is 10.5 Å². The first-order valence-corrected chi connectivity index (χ1v) is 9.84. The van der Waals surface area contributed by atoms with Crippen LogP contribution in [-0.2, 0) is 4.74 Å². The van der Waals surface area contributed by atoms with Crippen molar-refractivity contribution in [3.63, 3.8) is 0 Å². The molecule has 0 radical (unpaired) electrons. The number of hydrogen-bond acceptors (Lipinski definition) is 4. The van der Waals surface area contributed by atoms with E-state index in [4.69, 9.17) is 10.5 Å². The molecular weight excluding hydrogens is 401 g/mol. The van der Waals surface area contributed by atoms with Gasteiger partial charge in [0, 0.05) is 32.1 Å². The average Bonchev–Trinajstić information content (AvgIpc) is 3.38. The minimum atomic E-state index is -4.74. The zero-order valence-electron chi connectivity index (χ0n) is 17.3.